The summed E-state index contributed by atoms with van der Waals surface area (Å²) in [7, 11) is 1.95. The van der Waals surface area contributed by atoms with Crippen LogP contribution in [0.4, 0.5) is 5.82 Å². The molecule has 1 aliphatic heterocycles. The average Bonchev–Trinajstić information content (AvgIpc) is 3.70. The summed E-state index contributed by atoms with van der Waals surface area (Å²) in [6.07, 6.45) is 12.3. The van der Waals surface area contributed by atoms with E-state index in [4.69, 9.17) is 9.47 Å². The Morgan fingerprint density at radius 1 is 1.22 bits per heavy atom. The van der Waals surface area contributed by atoms with E-state index in [1.165, 1.54) is 11.3 Å². The van der Waals surface area contributed by atoms with Crippen LogP contribution in [0, 0.1) is 0 Å². The maximum absolute atomic E-state index is 12.4. The smallest absolute Gasteiger partial charge is 0.325 e. The van der Waals surface area contributed by atoms with Crippen LogP contribution in [0.25, 0.3) is 0 Å². The Labute approximate surface area is 219 Å². The van der Waals surface area contributed by atoms with Crippen LogP contribution in [0.5, 0.6) is 5.75 Å². The van der Waals surface area contributed by atoms with Gasteiger partial charge in [0.25, 0.3) is 0 Å². The van der Waals surface area contributed by atoms with E-state index in [1.807, 2.05) is 49.3 Å². The first kappa shape index (κ1) is 25.7. The van der Waals surface area contributed by atoms with Gasteiger partial charge in [-0.3, -0.25) is 9.69 Å². The number of ether oxygens (including phenoxy) is 2. The molecule has 7 nitrogen and oxygen atoms in total. The molecule has 3 aliphatic rings. The van der Waals surface area contributed by atoms with Crippen molar-refractivity contribution in [1.82, 2.24) is 9.88 Å². The van der Waals surface area contributed by atoms with Crippen molar-refractivity contribution in [2.24, 2.45) is 0 Å². The van der Waals surface area contributed by atoms with Crippen molar-refractivity contribution in [1.29, 1.82) is 0 Å². The number of rotatable bonds is 13. The minimum Gasteiger partial charge on any atom is -0.494 e. The van der Waals surface area contributed by atoms with Gasteiger partial charge in [0.15, 0.2) is 0 Å². The zero-order valence-corrected chi connectivity index (χ0v) is 22.0. The number of anilines is 1. The number of carboxylic acids is 1. The normalized spacial score (nSPS) is 21.4. The third-order valence-corrected chi connectivity index (χ3v) is 7.90. The molecule has 1 atom stereocenters. The zero-order valence-electron chi connectivity index (χ0n) is 22.0. The summed E-state index contributed by atoms with van der Waals surface area (Å²) < 4.78 is 12.0. The number of hydrogen-bond acceptors (Lipinski definition) is 6. The Bertz CT molecular complexity index is 1120. The van der Waals surface area contributed by atoms with E-state index in [1.54, 1.807) is 0 Å². The molecule has 1 aromatic carbocycles. The van der Waals surface area contributed by atoms with E-state index < -0.39 is 12.0 Å². The van der Waals surface area contributed by atoms with E-state index >= 15 is 0 Å². The van der Waals surface area contributed by atoms with E-state index in [0.717, 1.165) is 80.7 Å². The molecular formula is C30H39N3O4. The Morgan fingerprint density at radius 2 is 2.05 bits per heavy atom. The number of hydrogen-bond donors (Lipinski definition) is 2. The van der Waals surface area contributed by atoms with Gasteiger partial charge in [-0.1, -0.05) is 24.3 Å². The van der Waals surface area contributed by atoms with Crippen molar-refractivity contribution in [3.8, 4) is 5.75 Å². The average molecular weight is 506 g/mol. The number of carbonyl (C=O) groups is 1. The first-order chi connectivity index (χ1) is 18.0. The highest BCUT2D eigenvalue weighted by Gasteiger charge is 2.41. The molecule has 0 amide bonds. The SMILES string of the molecule is CCOc1cccc([C@@H](C(=O)O)N(C)C2CC(OCCCCC3=CCc4cccnc4N3)C2)c1C1CC1. The Balaban J connectivity index is 1.08. The fraction of sp³-hybridized carbons (Fsp3) is 0.533. The molecule has 0 unspecified atom stereocenters. The van der Waals surface area contributed by atoms with Crippen LogP contribution in [0.15, 0.2) is 48.3 Å². The number of fused-ring (bicyclic) bond motifs is 1. The van der Waals surface area contributed by atoms with Crippen molar-refractivity contribution in [3.63, 3.8) is 0 Å². The quantitative estimate of drug-likeness (QED) is 0.339. The number of aliphatic carboxylic acids is 1. The number of carboxylic acid groups (broad SMARTS) is 1. The molecule has 2 aromatic rings. The lowest BCUT2D eigenvalue weighted by Crippen LogP contribution is -2.49. The molecule has 7 heteroatoms. The summed E-state index contributed by atoms with van der Waals surface area (Å²) >= 11 is 0. The molecule has 2 saturated carbocycles. The lowest BCUT2D eigenvalue weighted by molar-refractivity contribution is -0.146. The van der Waals surface area contributed by atoms with Crippen LogP contribution < -0.4 is 10.1 Å². The van der Waals surface area contributed by atoms with E-state index in [9.17, 15) is 9.90 Å². The van der Waals surface area contributed by atoms with Crippen molar-refractivity contribution in [2.75, 3.05) is 25.6 Å². The monoisotopic (exact) mass is 505 g/mol. The Kier molecular flexibility index (Phi) is 8.11. The first-order valence-electron chi connectivity index (χ1n) is 13.8. The number of pyridine rings is 1. The molecule has 2 heterocycles. The van der Waals surface area contributed by atoms with Crippen LogP contribution >= 0.6 is 0 Å². The molecule has 0 bridgehead atoms. The van der Waals surface area contributed by atoms with Gasteiger partial charge in [0.1, 0.15) is 17.6 Å². The molecule has 0 saturated heterocycles. The van der Waals surface area contributed by atoms with Gasteiger partial charge in [-0.15, -0.1) is 0 Å². The number of likely N-dealkylation sites (N-methyl/N-ethyl adjacent to an activating group) is 1. The predicted molar refractivity (Wildman–Crippen MR) is 144 cm³/mol. The summed E-state index contributed by atoms with van der Waals surface area (Å²) in [4.78, 5) is 18.9. The van der Waals surface area contributed by atoms with Gasteiger partial charge >= 0.3 is 5.97 Å². The molecule has 0 radical (unpaired) electrons. The number of allylic oxidation sites excluding steroid dienone is 2. The van der Waals surface area contributed by atoms with Crippen molar-refractivity contribution in [2.45, 2.75) is 82.4 Å². The second-order valence-electron chi connectivity index (χ2n) is 10.5. The first-order valence-corrected chi connectivity index (χ1v) is 13.8. The third-order valence-electron chi connectivity index (χ3n) is 7.90. The van der Waals surface area contributed by atoms with Crippen LogP contribution in [0.2, 0.25) is 0 Å². The summed E-state index contributed by atoms with van der Waals surface area (Å²) in [5.41, 5.74) is 4.47. The lowest BCUT2D eigenvalue weighted by Gasteiger charge is -2.43. The minimum absolute atomic E-state index is 0.207. The maximum Gasteiger partial charge on any atom is 0.325 e. The summed E-state index contributed by atoms with van der Waals surface area (Å²) in [5, 5.41) is 13.7. The van der Waals surface area contributed by atoms with Gasteiger partial charge in [0, 0.05) is 30.1 Å². The van der Waals surface area contributed by atoms with Crippen molar-refractivity contribution >= 4 is 11.8 Å². The van der Waals surface area contributed by atoms with Gasteiger partial charge in [0.05, 0.1) is 12.7 Å². The summed E-state index contributed by atoms with van der Waals surface area (Å²) in [6, 6.07) is 9.51. The van der Waals surface area contributed by atoms with Crippen LogP contribution in [0.3, 0.4) is 0 Å². The maximum atomic E-state index is 12.4. The van der Waals surface area contributed by atoms with Gasteiger partial charge < -0.3 is 19.9 Å². The Hall–Kier alpha value is -2.90. The fourth-order valence-electron chi connectivity index (χ4n) is 5.62. The fourth-order valence-corrected chi connectivity index (χ4v) is 5.62. The highest BCUT2D eigenvalue weighted by atomic mass is 16.5. The second-order valence-corrected chi connectivity index (χ2v) is 10.5. The van der Waals surface area contributed by atoms with Gasteiger partial charge in [0.2, 0.25) is 0 Å². The molecule has 2 N–H and O–H groups in total. The zero-order chi connectivity index (χ0) is 25.8. The number of nitrogens with zero attached hydrogens (tertiary/aromatic N) is 2. The highest BCUT2D eigenvalue weighted by Crippen LogP contribution is 2.48. The molecule has 0 spiro atoms. The van der Waals surface area contributed by atoms with E-state index in [0.29, 0.717) is 12.5 Å². The van der Waals surface area contributed by atoms with Crippen molar-refractivity contribution in [3.05, 3.63) is 65.0 Å². The van der Waals surface area contributed by atoms with Crippen LogP contribution in [-0.4, -0.2) is 53.4 Å². The van der Waals surface area contributed by atoms with Gasteiger partial charge in [-0.2, -0.15) is 0 Å². The molecule has 198 valence electrons. The van der Waals surface area contributed by atoms with Gasteiger partial charge in [-0.25, -0.2) is 4.98 Å². The summed E-state index contributed by atoms with van der Waals surface area (Å²) in [6.45, 7) is 3.30. The number of nitrogens with one attached hydrogen (secondary N) is 1. The molecule has 2 fully saturated rings. The highest BCUT2D eigenvalue weighted by molar-refractivity contribution is 5.77. The number of unbranched alkanes of at least 4 members (excludes halogenated alkanes) is 1. The third kappa shape index (κ3) is 5.99. The molecule has 5 rings (SSSR count). The predicted octanol–water partition coefficient (Wildman–Crippen LogP) is 5.69. The van der Waals surface area contributed by atoms with E-state index in [-0.39, 0.29) is 12.1 Å². The van der Waals surface area contributed by atoms with E-state index in [2.05, 4.69) is 22.4 Å². The Morgan fingerprint density at radius 3 is 2.81 bits per heavy atom. The van der Waals surface area contributed by atoms with Crippen LogP contribution in [-0.2, 0) is 16.0 Å². The molecule has 2 aliphatic carbocycles. The lowest BCUT2D eigenvalue weighted by atomic mass is 9.85. The second kappa shape index (κ2) is 11.7. The minimum atomic E-state index is -0.800. The standard InChI is InChI=1S/C30H39N3O4/c1-3-36-26-11-6-10-25(27(26)20-12-13-20)28(30(34)35)33(2)23-18-24(19-23)37-17-5-4-9-22-15-14-21-8-7-16-31-29(21)32-22/h6-8,10-11,15-16,20,23-24,28H,3-5,9,12-14,17-19H2,1-2H3,(H,31,32)(H,34,35)/t23?,24?,28-/m0/s1. The molecule has 1 aromatic heterocycles. The van der Waals surface area contributed by atoms with Gasteiger partial charge in [-0.05, 0) is 94.5 Å². The molecule has 37 heavy (non-hydrogen) atoms. The largest absolute Gasteiger partial charge is 0.494 e. The number of benzene rings is 1. The number of aromatic nitrogens is 1. The molecular weight excluding hydrogens is 466 g/mol. The van der Waals surface area contributed by atoms with Crippen molar-refractivity contribution < 1.29 is 19.4 Å². The van der Waals surface area contributed by atoms with Crippen LogP contribution in [0.1, 0.15) is 80.5 Å². The topological polar surface area (TPSA) is 83.9 Å². The summed E-state index contributed by atoms with van der Waals surface area (Å²) in [5.74, 6) is 1.44.